The first kappa shape index (κ1) is 26.3. The Labute approximate surface area is 167 Å². The molecule has 0 saturated carbocycles. The molecule has 0 heterocycles. The summed E-state index contributed by atoms with van der Waals surface area (Å²) in [6.07, 6.45) is 10.5. The highest BCUT2D eigenvalue weighted by Gasteiger charge is 2.18. The molecule has 0 aromatic carbocycles. The fourth-order valence-electron chi connectivity index (χ4n) is 3.07. The van der Waals surface area contributed by atoms with E-state index in [4.69, 9.17) is 0 Å². The number of rotatable bonds is 15. The van der Waals surface area contributed by atoms with Gasteiger partial charge in [-0.1, -0.05) is 51.0 Å². The van der Waals surface area contributed by atoms with Crippen molar-refractivity contribution in [1.29, 1.82) is 0 Å². The molecule has 0 saturated heterocycles. The van der Waals surface area contributed by atoms with Gasteiger partial charge in [0.15, 0.2) is 0 Å². The van der Waals surface area contributed by atoms with E-state index in [1.54, 1.807) is 6.92 Å². The predicted octanol–water partition coefficient (Wildman–Crippen LogP) is 4.37. The first-order chi connectivity index (χ1) is 12.7. The van der Waals surface area contributed by atoms with Crippen molar-refractivity contribution in [3.8, 4) is 0 Å². The molecule has 0 aliphatic carbocycles. The van der Waals surface area contributed by atoms with Crippen LogP contribution in [0.25, 0.3) is 0 Å². The van der Waals surface area contributed by atoms with Gasteiger partial charge >= 0.3 is 0 Å². The summed E-state index contributed by atoms with van der Waals surface area (Å²) >= 11 is 0. The highest BCUT2D eigenvalue weighted by molar-refractivity contribution is 5.17. The van der Waals surface area contributed by atoms with Crippen LogP contribution in [0.5, 0.6) is 0 Å². The van der Waals surface area contributed by atoms with Crippen molar-refractivity contribution < 1.29 is 20.4 Å². The van der Waals surface area contributed by atoms with Crippen LogP contribution in [0, 0.1) is 11.8 Å². The van der Waals surface area contributed by atoms with Gasteiger partial charge in [0.25, 0.3) is 0 Å². The molecule has 6 unspecified atom stereocenters. The van der Waals surface area contributed by atoms with Gasteiger partial charge in [-0.05, 0) is 70.6 Å². The summed E-state index contributed by atoms with van der Waals surface area (Å²) in [5, 5.41) is 39.9. The molecule has 0 aromatic rings. The van der Waals surface area contributed by atoms with Crippen molar-refractivity contribution in [2.45, 2.75) is 110 Å². The highest BCUT2D eigenvalue weighted by atomic mass is 16.3. The normalized spacial score (nSPS) is 19.7. The van der Waals surface area contributed by atoms with E-state index >= 15 is 0 Å². The van der Waals surface area contributed by atoms with Crippen LogP contribution in [0.2, 0.25) is 0 Å². The summed E-state index contributed by atoms with van der Waals surface area (Å²) in [5.41, 5.74) is 1.05. The Morgan fingerprint density at radius 3 is 2.04 bits per heavy atom. The van der Waals surface area contributed by atoms with E-state index in [1.807, 2.05) is 39.0 Å². The van der Waals surface area contributed by atoms with Crippen LogP contribution in [0.15, 0.2) is 23.8 Å². The van der Waals surface area contributed by atoms with E-state index in [9.17, 15) is 20.4 Å². The summed E-state index contributed by atoms with van der Waals surface area (Å²) in [6, 6.07) is 0. The van der Waals surface area contributed by atoms with Crippen LogP contribution < -0.4 is 0 Å². The first-order valence-corrected chi connectivity index (χ1v) is 10.8. The minimum Gasteiger partial charge on any atom is -0.393 e. The zero-order valence-electron chi connectivity index (χ0n) is 18.1. The maximum atomic E-state index is 10.5. The maximum absolute atomic E-state index is 10.5. The van der Waals surface area contributed by atoms with E-state index in [0.717, 1.165) is 37.7 Å². The van der Waals surface area contributed by atoms with Gasteiger partial charge in [-0.3, -0.25) is 0 Å². The minimum absolute atomic E-state index is 0.143. The monoisotopic (exact) mass is 384 g/mol. The third kappa shape index (κ3) is 13.2. The van der Waals surface area contributed by atoms with Gasteiger partial charge in [0, 0.05) is 0 Å². The van der Waals surface area contributed by atoms with E-state index in [0.29, 0.717) is 19.3 Å². The second-order valence-electron chi connectivity index (χ2n) is 8.17. The standard InChI is InChI=1S/C23H44O4/c1-6-8-20(12-15-22(26)14-11-18(4)19(5)24)23(27)16-10-17(3)9-13-21(25)7-2/h9-10,16,18-27H,6-8,11-15H2,1-5H3/b16-10+,17-9+. The summed E-state index contributed by atoms with van der Waals surface area (Å²) in [7, 11) is 0. The summed E-state index contributed by atoms with van der Waals surface area (Å²) in [5.74, 6) is 0.338. The molecule has 0 aromatic heterocycles. The Hall–Kier alpha value is -0.680. The van der Waals surface area contributed by atoms with Crippen LogP contribution in [-0.4, -0.2) is 44.8 Å². The average molecular weight is 385 g/mol. The lowest BCUT2D eigenvalue weighted by molar-refractivity contribution is 0.0882. The number of aliphatic hydroxyl groups is 4. The Kier molecular flexibility index (Phi) is 14.9. The van der Waals surface area contributed by atoms with Crippen LogP contribution >= 0.6 is 0 Å². The van der Waals surface area contributed by atoms with Crippen LogP contribution in [0.3, 0.4) is 0 Å². The number of hydrogen-bond acceptors (Lipinski definition) is 4. The molecule has 0 spiro atoms. The van der Waals surface area contributed by atoms with Crippen molar-refractivity contribution >= 4 is 0 Å². The molecular weight excluding hydrogens is 340 g/mol. The van der Waals surface area contributed by atoms with Gasteiger partial charge in [-0.2, -0.15) is 0 Å². The van der Waals surface area contributed by atoms with E-state index in [1.165, 1.54) is 0 Å². The summed E-state index contributed by atoms with van der Waals surface area (Å²) < 4.78 is 0. The first-order valence-electron chi connectivity index (χ1n) is 10.8. The highest BCUT2D eigenvalue weighted by Crippen LogP contribution is 2.22. The molecule has 0 rings (SSSR count). The lowest BCUT2D eigenvalue weighted by Crippen LogP contribution is -2.21. The van der Waals surface area contributed by atoms with Crippen LogP contribution in [0.1, 0.15) is 86.0 Å². The molecule has 0 fully saturated rings. The van der Waals surface area contributed by atoms with E-state index < -0.39 is 6.10 Å². The number of aliphatic hydroxyl groups excluding tert-OH is 4. The zero-order valence-corrected chi connectivity index (χ0v) is 18.1. The molecule has 0 aliphatic heterocycles. The predicted molar refractivity (Wildman–Crippen MR) is 114 cm³/mol. The second kappa shape index (κ2) is 15.3. The van der Waals surface area contributed by atoms with E-state index in [2.05, 4.69) is 6.92 Å². The SMILES string of the molecule is CCCC(CCC(O)CCC(C)C(C)O)C(O)/C=C/C(C)=C/CC(O)CC. The molecule has 6 atom stereocenters. The smallest absolute Gasteiger partial charge is 0.0752 e. The van der Waals surface area contributed by atoms with Gasteiger partial charge in [0.1, 0.15) is 0 Å². The van der Waals surface area contributed by atoms with Gasteiger partial charge in [0.05, 0.1) is 24.4 Å². The third-order valence-corrected chi connectivity index (χ3v) is 5.53. The van der Waals surface area contributed by atoms with Crippen molar-refractivity contribution in [3.05, 3.63) is 23.8 Å². The maximum Gasteiger partial charge on any atom is 0.0752 e. The quantitative estimate of drug-likeness (QED) is 0.316. The molecular formula is C23H44O4. The lowest BCUT2D eigenvalue weighted by Gasteiger charge is -2.22. The lowest BCUT2D eigenvalue weighted by atomic mass is 9.89. The Balaban J connectivity index is 4.49. The van der Waals surface area contributed by atoms with Crippen LogP contribution in [-0.2, 0) is 0 Å². The Bertz CT molecular complexity index is 417. The molecule has 0 radical (unpaired) electrons. The molecule has 0 amide bonds. The van der Waals surface area contributed by atoms with Gasteiger partial charge in [-0.25, -0.2) is 0 Å². The number of hydrogen-bond donors (Lipinski definition) is 4. The molecule has 160 valence electrons. The van der Waals surface area contributed by atoms with Crippen molar-refractivity contribution in [3.63, 3.8) is 0 Å². The molecule has 27 heavy (non-hydrogen) atoms. The average Bonchev–Trinajstić information content (AvgIpc) is 2.64. The summed E-state index contributed by atoms with van der Waals surface area (Å²) in [4.78, 5) is 0. The molecule has 0 bridgehead atoms. The fraction of sp³-hybridized carbons (Fsp3) is 0.826. The largest absolute Gasteiger partial charge is 0.393 e. The van der Waals surface area contributed by atoms with Gasteiger partial charge in [0.2, 0.25) is 0 Å². The summed E-state index contributed by atoms with van der Waals surface area (Å²) in [6.45, 7) is 9.84. The minimum atomic E-state index is -0.520. The van der Waals surface area contributed by atoms with Crippen LogP contribution in [0.4, 0.5) is 0 Å². The fourth-order valence-corrected chi connectivity index (χ4v) is 3.07. The topological polar surface area (TPSA) is 80.9 Å². The number of allylic oxidation sites excluding steroid dienone is 2. The molecule has 0 aliphatic rings. The Morgan fingerprint density at radius 2 is 1.48 bits per heavy atom. The van der Waals surface area contributed by atoms with Crippen molar-refractivity contribution in [2.75, 3.05) is 0 Å². The molecule has 4 N–H and O–H groups in total. The van der Waals surface area contributed by atoms with Gasteiger partial charge in [-0.15, -0.1) is 0 Å². The molecule has 4 nitrogen and oxygen atoms in total. The van der Waals surface area contributed by atoms with Crippen molar-refractivity contribution in [1.82, 2.24) is 0 Å². The second-order valence-corrected chi connectivity index (χ2v) is 8.17. The third-order valence-electron chi connectivity index (χ3n) is 5.53. The van der Waals surface area contributed by atoms with E-state index in [-0.39, 0.29) is 30.1 Å². The molecule has 4 heteroatoms. The van der Waals surface area contributed by atoms with Gasteiger partial charge < -0.3 is 20.4 Å². The zero-order chi connectivity index (χ0) is 20.8. The Morgan fingerprint density at radius 1 is 0.852 bits per heavy atom. The van der Waals surface area contributed by atoms with Crippen molar-refractivity contribution in [2.24, 2.45) is 11.8 Å².